The van der Waals surface area contributed by atoms with Gasteiger partial charge in [-0.05, 0) is 17.8 Å². The first kappa shape index (κ1) is 11.7. The van der Waals surface area contributed by atoms with Crippen LogP contribution in [-0.4, -0.2) is 27.2 Å². The Labute approximate surface area is 104 Å². The van der Waals surface area contributed by atoms with Crippen molar-refractivity contribution in [2.24, 2.45) is 0 Å². The molecule has 0 aliphatic rings. The van der Waals surface area contributed by atoms with E-state index in [2.05, 4.69) is 20.5 Å². The first-order valence-electron chi connectivity index (χ1n) is 4.48. The highest BCUT2D eigenvalue weighted by Crippen LogP contribution is 2.34. The predicted octanol–water partition coefficient (Wildman–Crippen LogP) is 2.03. The number of rotatable bonds is 4. The Kier molecular flexibility index (Phi) is 3.49. The van der Waals surface area contributed by atoms with E-state index in [0.29, 0.717) is 15.2 Å². The van der Waals surface area contributed by atoms with Crippen molar-refractivity contribution in [3.05, 3.63) is 27.8 Å². The van der Waals surface area contributed by atoms with Crippen molar-refractivity contribution in [2.75, 3.05) is 12.4 Å². The molecule has 2 rings (SSSR count). The maximum atomic E-state index is 10.8. The number of nitrogens with zero attached hydrogens (tertiary/aromatic N) is 4. The van der Waals surface area contributed by atoms with Crippen LogP contribution in [0.1, 0.15) is 0 Å². The van der Waals surface area contributed by atoms with Crippen LogP contribution in [0.15, 0.2) is 27.0 Å². The summed E-state index contributed by atoms with van der Waals surface area (Å²) in [6.07, 6.45) is 0. The standard InChI is InChI=1S/C8H7N5O2S2/c1-9-6-3-2-5(13(14)15)7(11-6)17-8-12-10-4-16-8/h2-4H,1H3,(H,9,11). The number of nitrogens with one attached hydrogen (secondary N) is 1. The van der Waals surface area contributed by atoms with Crippen LogP contribution in [0.3, 0.4) is 0 Å². The van der Waals surface area contributed by atoms with Gasteiger partial charge in [-0.2, -0.15) is 0 Å². The van der Waals surface area contributed by atoms with E-state index < -0.39 is 4.92 Å². The minimum absolute atomic E-state index is 0.0378. The molecule has 2 heterocycles. The monoisotopic (exact) mass is 269 g/mol. The zero-order valence-electron chi connectivity index (χ0n) is 8.65. The number of hydrogen-bond acceptors (Lipinski definition) is 8. The molecule has 1 N–H and O–H groups in total. The van der Waals surface area contributed by atoms with Crippen LogP contribution in [0.25, 0.3) is 0 Å². The van der Waals surface area contributed by atoms with E-state index in [9.17, 15) is 10.1 Å². The third-order valence-corrected chi connectivity index (χ3v) is 3.59. The van der Waals surface area contributed by atoms with Gasteiger partial charge in [0.2, 0.25) is 0 Å². The van der Waals surface area contributed by atoms with Crippen LogP contribution in [0.2, 0.25) is 0 Å². The van der Waals surface area contributed by atoms with Crippen LogP contribution < -0.4 is 5.32 Å². The molecule has 0 unspecified atom stereocenters. The van der Waals surface area contributed by atoms with Crippen LogP contribution in [0, 0.1) is 10.1 Å². The van der Waals surface area contributed by atoms with Crippen LogP contribution in [0.4, 0.5) is 11.5 Å². The highest BCUT2D eigenvalue weighted by molar-refractivity contribution is 8.01. The summed E-state index contributed by atoms with van der Waals surface area (Å²) in [4.78, 5) is 14.5. The Balaban J connectivity index is 2.38. The van der Waals surface area contributed by atoms with Crippen molar-refractivity contribution in [2.45, 2.75) is 9.37 Å². The third-order valence-electron chi connectivity index (χ3n) is 1.82. The highest BCUT2D eigenvalue weighted by Gasteiger charge is 2.18. The van der Waals surface area contributed by atoms with E-state index in [4.69, 9.17) is 0 Å². The molecular formula is C8H7N5O2S2. The van der Waals surface area contributed by atoms with Gasteiger partial charge in [-0.1, -0.05) is 11.3 Å². The fraction of sp³-hybridized carbons (Fsp3) is 0.125. The van der Waals surface area contributed by atoms with E-state index in [-0.39, 0.29) is 5.69 Å². The Hall–Kier alpha value is -1.74. The van der Waals surface area contributed by atoms with Crippen molar-refractivity contribution in [3.8, 4) is 0 Å². The third kappa shape index (κ3) is 2.68. The molecule has 17 heavy (non-hydrogen) atoms. The molecule has 0 aliphatic carbocycles. The normalized spacial score (nSPS) is 10.2. The molecule has 0 aliphatic heterocycles. The maximum absolute atomic E-state index is 10.8. The van der Waals surface area contributed by atoms with Gasteiger partial charge in [-0.3, -0.25) is 10.1 Å². The molecule has 0 amide bonds. The first-order chi connectivity index (χ1) is 8.20. The lowest BCUT2D eigenvalue weighted by Gasteiger charge is -2.02. The van der Waals surface area contributed by atoms with E-state index in [0.717, 1.165) is 11.8 Å². The highest BCUT2D eigenvalue weighted by atomic mass is 32.2. The van der Waals surface area contributed by atoms with Gasteiger partial charge in [0, 0.05) is 13.1 Å². The molecule has 0 fully saturated rings. The molecule has 2 aromatic rings. The SMILES string of the molecule is CNc1ccc([N+](=O)[O-])c(Sc2nncs2)n1. The van der Waals surface area contributed by atoms with E-state index >= 15 is 0 Å². The lowest BCUT2D eigenvalue weighted by atomic mass is 10.4. The lowest BCUT2D eigenvalue weighted by molar-refractivity contribution is -0.388. The van der Waals surface area contributed by atoms with Gasteiger partial charge in [0.05, 0.1) is 4.92 Å². The average molecular weight is 269 g/mol. The molecule has 2 aromatic heterocycles. The Morgan fingerprint density at radius 2 is 2.35 bits per heavy atom. The van der Waals surface area contributed by atoms with Crippen molar-refractivity contribution in [1.29, 1.82) is 0 Å². The fourth-order valence-corrected chi connectivity index (χ4v) is 2.56. The first-order valence-corrected chi connectivity index (χ1v) is 6.17. The van der Waals surface area contributed by atoms with Crippen molar-refractivity contribution in [3.63, 3.8) is 0 Å². The van der Waals surface area contributed by atoms with Gasteiger partial charge in [0.15, 0.2) is 9.37 Å². The molecule has 7 nitrogen and oxygen atoms in total. The summed E-state index contributed by atoms with van der Waals surface area (Å²) in [5.74, 6) is 0.572. The topological polar surface area (TPSA) is 93.8 Å². The fourth-order valence-electron chi connectivity index (χ4n) is 1.08. The number of aromatic nitrogens is 3. The molecule has 0 saturated heterocycles. The summed E-state index contributed by atoms with van der Waals surface area (Å²) in [6, 6.07) is 2.98. The number of pyridine rings is 1. The minimum Gasteiger partial charge on any atom is -0.373 e. The molecular weight excluding hydrogens is 262 g/mol. The van der Waals surface area contributed by atoms with Crippen LogP contribution >= 0.6 is 23.1 Å². The second-order valence-corrected chi connectivity index (χ2v) is 4.90. The molecule has 0 radical (unpaired) electrons. The minimum atomic E-state index is -0.462. The summed E-state index contributed by atoms with van der Waals surface area (Å²) in [5, 5.41) is 21.5. The Bertz CT molecular complexity index is 531. The zero-order chi connectivity index (χ0) is 12.3. The maximum Gasteiger partial charge on any atom is 0.301 e. The largest absolute Gasteiger partial charge is 0.373 e. The molecule has 0 aromatic carbocycles. The summed E-state index contributed by atoms with van der Waals surface area (Å²) < 4.78 is 0.619. The lowest BCUT2D eigenvalue weighted by Crippen LogP contribution is -1.97. The Morgan fingerprint density at radius 3 is 2.94 bits per heavy atom. The molecule has 9 heteroatoms. The van der Waals surface area contributed by atoms with Crippen molar-refractivity contribution >= 4 is 34.6 Å². The van der Waals surface area contributed by atoms with Gasteiger partial charge in [-0.15, -0.1) is 10.2 Å². The second-order valence-electron chi connectivity index (χ2n) is 2.83. The number of anilines is 1. The summed E-state index contributed by atoms with van der Waals surface area (Å²) in [6.45, 7) is 0. The Morgan fingerprint density at radius 1 is 1.53 bits per heavy atom. The quantitative estimate of drug-likeness (QED) is 0.670. The van der Waals surface area contributed by atoms with E-state index in [1.54, 1.807) is 18.6 Å². The predicted molar refractivity (Wildman–Crippen MR) is 64.5 cm³/mol. The zero-order valence-corrected chi connectivity index (χ0v) is 10.3. The van der Waals surface area contributed by atoms with Crippen LogP contribution in [-0.2, 0) is 0 Å². The van der Waals surface area contributed by atoms with Gasteiger partial charge in [0.1, 0.15) is 11.3 Å². The van der Waals surface area contributed by atoms with E-state index in [1.165, 1.54) is 17.4 Å². The second kappa shape index (κ2) is 5.06. The molecule has 88 valence electrons. The smallest absolute Gasteiger partial charge is 0.301 e. The molecule has 0 saturated carbocycles. The molecule has 0 bridgehead atoms. The van der Waals surface area contributed by atoms with Gasteiger partial charge in [0.25, 0.3) is 0 Å². The number of hydrogen-bond donors (Lipinski definition) is 1. The molecule has 0 atom stereocenters. The number of nitro groups is 1. The van der Waals surface area contributed by atoms with Gasteiger partial charge in [-0.25, -0.2) is 4.98 Å². The van der Waals surface area contributed by atoms with Crippen molar-refractivity contribution < 1.29 is 4.92 Å². The van der Waals surface area contributed by atoms with E-state index in [1.807, 2.05) is 0 Å². The van der Waals surface area contributed by atoms with Crippen LogP contribution in [0.5, 0.6) is 0 Å². The molecule has 0 spiro atoms. The summed E-state index contributed by atoms with van der Waals surface area (Å²) in [7, 11) is 1.70. The van der Waals surface area contributed by atoms with Gasteiger partial charge < -0.3 is 5.32 Å². The summed E-state index contributed by atoms with van der Waals surface area (Å²) in [5.41, 5.74) is 1.53. The summed E-state index contributed by atoms with van der Waals surface area (Å²) >= 11 is 2.44. The van der Waals surface area contributed by atoms with Crippen molar-refractivity contribution in [1.82, 2.24) is 15.2 Å². The average Bonchev–Trinajstić information content (AvgIpc) is 2.81. The van der Waals surface area contributed by atoms with Gasteiger partial charge >= 0.3 is 5.69 Å².